The van der Waals surface area contributed by atoms with Gasteiger partial charge in [-0.25, -0.2) is 0 Å². The fourth-order valence-electron chi connectivity index (χ4n) is 13.2. The molecule has 1 aliphatic carbocycles. The van der Waals surface area contributed by atoms with Gasteiger partial charge in [0.1, 0.15) is 23.0 Å². The van der Waals surface area contributed by atoms with Crippen LogP contribution in [-0.2, 0) is 76.7 Å². The van der Waals surface area contributed by atoms with Crippen molar-refractivity contribution in [1.29, 1.82) is 0 Å². The van der Waals surface area contributed by atoms with Crippen molar-refractivity contribution in [1.82, 2.24) is 0 Å². The van der Waals surface area contributed by atoms with Gasteiger partial charge in [-0.2, -0.15) is 0 Å². The molecule has 0 amide bonds. The van der Waals surface area contributed by atoms with Gasteiger partial charge in [-0.15, -0.1) is 0 Å². The molecule has 0 atom stereocenters. The minimum absolute atomic E-state index is 0.329. The van der Waals surface area contributed by atoms with Crippen LogP contribution in [0.5, 0.6) is 92.0 Å². The lowest BCUT2D eigenvalue weighted by Crippen LogP contribution is -2.22. The topological polar surface area (TPSA) is 421 Å². The quantitative estimate of drug-likeness (QED) is 0.0505. The van der Waals surface area contributed by atoms with Crippen LogP contribution in [0.2, 0.25) is 0 Å². The van der Waals surface area contributed by atoms with Crippen LogP contribution in [0.3, 0.4) is 0 Å². The zero-order valence-electron chi connectivity index (χ0n) is 64.9. The molecular weight excluding hydrogens is 1520 g/mol. The molecular formula is C84H72O32. The number of fused-ring (bicyclic) bond motifs is 8. The number of carbonyl (C=O) groups excluding carboxylic acids is 16. The first-order chi connectivity index (χ1) is 54.7. The lowest BCUT2D eigenvalue weighted by Gasteiger charge is -2.34. The molecule has 0 radical (unpaired) electrons. The zero-order chi connectivity index (χ0) is 85.2. The van der Waals surface area contributed by atoms with Gasteiger partial charge in [-0.1, -0.05) is 72.8 Å². The van der Waals surface area contributed by atoms with Gasteiger partial charge in [0, 0.05) is 201 Å². The molecule has 32 nitrogen and oxygen atoms in total. The Morgan fingerprint density at radius 3 is 0.388 bits per heavy atom. The van der Waals surface area contributed by atoms with E-state index in [2.05, 4.69) is 0 Å². The second-order valence-electron chi connectivity index (χ2n) is 25.6. The average Bonchev–Trinajstić information content (AvgIpc) is 0.715. The van der Waals surface area contributed by atoms with Crippen LogP contribution in [0.25, 0.3) is 0 Å². The molecule has 0 unspecified atom stereocenters. The molecule has 0 N–H and O–H groups in total. The highest BCUT2D eigenvalue weighted by Crippen LogP contribution is 2.64. The third-order valence-corrected chi connectivity index (χ3v) is 16.4. The molecule has 116 heavy (non-hydrogen) atoms. The minimum atomic E-state index is -2.21. The van der Waals surface area contributed by atoms with Crippen LogP contribution in [0.1, 0.15) is 201 Å². The Labute approximate surface area is 659 Å². The molecule has 8 aromatic carbocycles. The summed E-state index contributed by atoms with van der Waals surface area (Å²) >= 11 is 0. The Morgan fingerprint density at radius 1 is 0.155 bits per heavy atom. The molecule has 8 aromatic rings. The fourth-order valence-corrected chi connectivity index (χ4v) is 13.2. The smallest absolute Gasteiger partial charge is 0.308 e. The molecule has 0 heterocycles. The maximum Gasteiger partial charge on any atom is 0.308 e. The molecule has 0 fully saturated rings. The normalized spacial score (nSPS) is 13.7. The van der Waals surface area contributed by atoms with Crippen molar-refractivity contribution in [3.63, 3.8) is 0 Å². The van der Waals surface area contributed by atoms with Crippen molar-refractivity contribution >= 4 is 95.5 Å². The van der Waals surface area contributed by atoms with Gasteiger partial charge >= 0.3 is 95.5 Å². The van der Waals surface area contributed by atoms with E-state index in [0.717, 1.165) is 135 Å². The van der Waals surface area contributed by atoms with E-state index < -0.39 is 256 Å². The van der Waals surface area contributed by atoms with E-state index in [1.165, 1.54) is 97.1 Å². The lowest BCUT2D eigenvalue weighted by atomic mass is 9.74. The van der Waals surface area contributed by atoms with Crippen molar-refractivity contribution in [2.45, 2.75) is 134 Å². The molecule has 0 aliphatic heterocycles. The average molecular weight is 1590 g/mol. The highest BCUT2D eigenvalue weighted by Gasteiger charge is 2.46. The first-order valence-electron chi connectivity index (χ1n) is 34.9. The predicted molar refractivity (Wildman–Crippen MR) is 396 cm³/mol. The third kappa shape index (κ3) is 19.6. The van der Waals surface area contributed by atoms with Crippen molar-refractivity contribution in [2.75, 3.05) is 0 Å². The zero-order valence-corrected chi connectivity index (χ0v) is 64.9. The monoisotopic (exact) mass is 1590 g/mol. The predicted octanol–water partition coefficient (Wildman–Crippen LogP) is 11.5. The summed E-state index contributed by atoms with van der Waals surface area (Å²) in [4.78, 5) is 228. The number of benzene rings is 8. The minimum Gasteiger partial charge on any atom is -0.426 e. The second-order valence-corrected chi connectivity index (χ2v) is 25.6. The molecule has 1 aliphatic rings. The van der Waals surface area contributed by atoms with Crippen LogP contribution in [0.4, 0.5) is 0 Å². The first kappa shape index (κ1) is 85.3. The molecule has 0 saturated heterocycles. The standard InChI is InChI=1S/C84H72O32/c1-37(85)101-65-29-21-17-25-53(65)69-57-33-59(75(107-43(7)91)81(113-49(13)97)73(57)105-41(5)89)70(54-26-18-22-30-66(54)102-38(2)86)61-35-63(79(111-47(11)95)83(115-51(15)99)77(61)109-45(9)93)72(56-28-20-24-32-68(56)104-40(4)88)64-36-62(78(110-46(10)94)84(116-52(16)100)80(64)112-48(12)96)71(55-27-19-23-31-67(55)103-39(3)87)60-34-58(69)74(106-42(6)90)82(114-50(14)98)76(60)108-44(8)92/h17-36,69-72H,1-16H3. The largest absolute Gasteiger partial charge is 0.426 e. The Hall–Kier alpha value is -14.7. The number of rotatable bonds is 20. The summed E-state index contributed by atoms with van der Waals surface area (Å²) in [6, 6.07) is 25.4. The Morgan fingerprint density at radius 2 is 0.267 bits per heavy atom. The summed E-state index contributed by atoms with van der Waals surface area (Å²) in [6.07, 6.45) is 0. The highest BCUT2D eigenvalue weighted by atomic mass is 16.6. The van der Waals surface area contributed by atoms with Crippen LogP contribution in [-0.4, -0.2) is 95.5 Å². The summed E-state index contributed by atoms with van der Waals surface area (Å²) in [5.41, 5.74) is -6.32. The van der Waals surface area contributed by atoms with E-state index in [1.807, 2.05) is 0 Å². The Balaban J connectivity index is 1.92. The Kier molecular flexibility index (Phi) is 26.6. The van der Waals surface area contributed by atoms with Crippen molar-refractivity contribution in [3.8, 4) is 92.0 Å². The third-order valence-electron chi connectivity index (χ3n) is 16.4. The van der Waals surface area contributed by atoms with E-state index in [1.54, 1.807) is 0 Å². The number of para-hydroxylation sites is 4. The van der Waals surface area contributed by atoms with Gasteiger partial charge in [-0.05, 0) is 48.5 Å². The molecule has 0 aromatic heterocycles. The van der Waals surface area contributed by atoms with Crippen molar-refractivity contribution in [3.05, 3.63) is 188 Å². The van der Waals surface area contributed by atoms with Crippen LogP contribution in [0.15, 0.2) is 121 Å². The Bertz CT molecular complexity index is 4650. The molecule has 0 saturated carbocycles. The number of hydrogen-bond donors (Lipinski definition) is 0. The summed E-state index contributed by atoms with van der Waals surface area (Å²) in [5.74, 6) is -42.0. The van der Waals surface area contributed by atoms with Gasteiger partial charge < -0.3 is 75.8 Å². The molecule has 32 heteroatoms. The second kappa shape index (κ2) is 36.2. The van der Waals surface area contributed by atoms with E-state index in [9.17, 15) is 76.7 Å². The first-order valence-corrected chi connectivity index (χ1v) is 34.9. The van der Waals surface area contributed by atoms with Crippen molar-refractivity contribution < 1.29 is 153 Å². The summed E-state index contributed by atoms with van der Waals surface area (Å²) in [5, 5.41) is 0. The van der Waals surface area contributed by atoms with Gasteiger partial charge in [0.2, 0.25) is 23.0 Å². The van der Waals surface area contributed by atoms with Crippen LogP contribution < -0.4 is 75.8 Å². The van der Waals surface area contributed by atoms with E-state index >= 15 is 0 Å². The van der Waals surface area contributed by atoms with Crippen LogP contribution in [0, 0.1) is 0 Å². The summed E-state index contributed by atoms with van der Waals surface area (Å²) < 4.78 is 98.8. The molecule has 0 spiro atoms. The van der Waals surface area contributed by atoms with Gasteiger partial charge in [0.25, 0.3) is 0 Å². The van der Waals surface area contributed by atoms with E-state index in [4.69, 9.17) is 75.8 Å². The van der Waals surface area contributed by atoms with E-state index in [0.29, 0.717) is 0 Å². The summed E-state index contributed by atoms with van der Waals surface area (Å²) in [6.45, 7) is 14.4. The highest BCUT2D eigenvalue weighted by molar-refractivity contribution is 5.90. The number of hydrogen-bond acceptors (Lipinski definition) is 32. The summed E-state index contributed by atoms with van der Waals surface area (Å²) in [7, 11) is 0. The fraction of sp³-hybridized carbons (Fsp3) is 0.238. The van der Waals surface area contributed by atoms with Gasteiger partial charge in [-0.3, -0.25) is 76.7 Å². The number of esters is 16. The van der Waals surface area contributed by atoms with Gasteiger partial charge in [0.15, 0.2) is 46.0 Å². The van der Waals surface area contributed by atoms with Crippen molar-refractivity contribution in [2.24, 2.45) is 0 Å². The lowest BCUT2D eigenvalue weighted by molar-refractivity contribution is -0.135. The molecule has 8 bridgehead atoms. The molecule has 600 valence electrons. The van der Waals surface area contributed by atoms with E-state index in [-0.39, 0.29) is 22.3 Å². The maximum atomic E-state index is 14.4. The van der Waals surface area contributed by atoms with Crippen LogP contribution >= 0.6 is 0 Å². The maximum absolute atomic E-state index is 14.4. The number of ether oxygens (including phenoxy) is 16. The number of carbonyl (C=O) groups is 16. The van der Waals surface area contributed by atoms with Gasteiger partial charge in [0.05, 0.1) is 0 Å². The SMILES string of the molecule is CC(=O)Oc1ccccc1C1c2cc(c(OC(C)=O)c(OC(C)=O)c2OC(C)=O)C(c2ccccc2OC(C)=O)c2cc(c(OC(C)=O)c(OC(C)=O)c2OC(C)=O)C(c2ccccc2OC(C)=O)c2cc(c(OC(C)=O)c(OC(C)=O)c2OC(C)=O)C(c2ccccc2OC(C)=O)c2cc1c(OC(C)=O)c(OC(C)=O)c2OC(C)=O. The molecule has 9 rings (SSSR count).